The van der Waals surface area contributed by atoms with E-state index in [0.717, 1.165) is 12.8 Å². The van der Waals surface area contributed by atoms with E-state index in [-0.39, 0.29) is 17.4 Å². The van der Waals surface area contributed by atoms with Crippen molar-refractivity contribution in [2.45, 2.75) is 12.8 Å². The number of para-hydroxylation sites is 2. The van der Waals surface area contributed by atoms with Gasteiger partial charge >= 0.3 is 5.63 Å². The SMILES string of the molecule is O=c1oc2ccccc2nc1/C=C(\O)[C@@H]1C[C@H]2C=C[C@@H]1C2. The molecule has 21 heavy (non-hydrogen) atoms. The van der Waals surface area contributed by atoms with Crippen LogP contribution in [0.3, 0.4) is 0 Å². The molecule has 106 valence electrons. The molecule has 2 aliphatic carbocycles. The van der Waals surface area contributed by atoms with Gasteiger partial charge in [-0.15, -0.1) is 0 Å². The molecule has 0 unspecified atom stereocenters. The average Bonchev–Trinajstić information content (AvgIpc) is 3.10. The van der Waals surface area contributed by atoms with Crippen LogP contribution in [-0.2, 0) is 0 Å². The summed E-state index contributed by atoms with van der Waals surface area (Å²) in [6, 6.07) is 7.12. The van der Waals surface area contributed by atoms with Crippen molar-refractivity contribution in [3.8, 4) is 0 Å². The van der Waals surface area contributed by atoms with Gasteiger partial charge in [-0.05, 0) is 36.8 Å². The molecule has 4 rings (SSSR count). The van der Waals surface area contributed by atoms with Gasteiger partial charge in [-0.1, -0.05) is 24.3 Å². The van der Waals surface area contributed by atoms with Gasteiger partial charge in [0.2, 0.25) is 0 Å². The lowest BCUT2D eigenvalue weighted by molar-refractivity contribution is 0.309. The summed E-state index contributed by atoms with van der Waals surface area (Å²) in [6.45, 7) is 0. The van der Waals surface area contributed by atoms with Crippen LogP contribution in [0.1, 0.15) is 18.5 Å². The molecule has 1 aromatic carbocycles. The third kappa shape index (κ3) is 2.07. The highest BCUT2D eigenvalue weighted by Crippen LogP contribution is 2.46. The summed E-state index contributed by atoms with van der Waals surface area (Å²) < 4.78 is 5.23. The van der Waals surface area contributed by atoms with Crippen LogP contribution in [0.4, 0.5) is 0 Å². The zero-order valence-corrected chi connectivity index (χ0v) is 11.4. The Hall–Kier alpha value is -2.36. The highest BCUT2D eigenvalue weighted by atomic mass is 16.4. The number of hydrogen-bond acceptors (Lipinski definition) is 4. The zero-order valence-electron chi connectivity index (χ0n) is 11.4. The first kappa shape index (κ1) is 12.4. The summed E-state index contributed by atoms with van der Waals surface area (Å²) in [4.78, 5) is 16.2. The van der Waals surface area contributed by atoms with Gasteiger partial charge in [0.25, 0.3) is 0 Å². The quantitative estimate of drug-likeness (QED) is 0.677. The van der Waals surface area contributed by atoms with Crippen molar-refractivity contribution < 1.29 is 9.52 Å². The fourth-order valence-electron chi connectivity index (χ4n) is 3.42. The van der Waals surface area contributed by atoms with Crippen LogP contribution in [0.25, 0.3) is 17.2 Å². The minimum absolute atomic E-state index is 0.104. The number of aliphatic hydroxyl groups is 1. The Bertz CT molecular complexity index is 818. The van der Waals surface area contributed by atoms with Crippen LogP contribution < -0.4 is 5.63 Å². The number of fused-ring (bicyclic) bond motifs is 3. The fourth-order valence-corrected chi connectivity index (χ4v) is 3.42. The zero-order chi connectivity index (χ0) is 14.4. The molecule has 2 aliphatic rings. The van der Waals surface area contributed by atoms with Crippen molar-refractivity contribution in [1.29, 1.82) is 0 Å². The summed E-state index contributed by atoms with van der Waals surface area (Å²) in [6.07, 6.45) is 7.90. The van der Waals surface area contributed by atoms with E-state index in [2.05, 4.69) is 17.1 Å². The Labute approximate surface area is 121 Å². The van der Waals surface area contributed by atoms with Gasteiger partial charge < -0.3 is 9.52 Å². The third-order valence-electron chi connectivity index (χ3n) is 4.46. The molecule has 0 radical (unpaired) electrons. The van der Waals surface area contributed by atoms with Crippen LogP contribution in [0.15, 0.2) is 51.4 Å². The van der Waals surface area contributed by atoms with E-state index in [1.54, 1.807) is 18.2 Å². The molecule has 1 heterocycles. The third-order valence-corrected chi connectivity index (χ3v) is 4.46. The normalized spacial score (nSPS) is 27.6. The predicted octanol–water partition coefficient (Wildman–Crippen LogP) is 3.30. The minimum atomic E-state index is -0.515. The maximum atomic E-state index is 11.9. The first-order valence-electron chi connectivity index (χ1n) is 7.19. The number of allylic oxidation sites excluding steroid dienone is 3. The van der Waals surface area contributed by atoms with Gasteiger partial charge in [-0.25, -0.2) is 9.78 Å². The first-order valence-corrected chi connectivity index (χ1v) is 7.19. The van der Waals surface area contributed by atoms with Gasteiger partial charge in [-0.3, -0.25) is 0 Å². The molecule has 2 bridgehead atoms. The van der Waals surface area contributed by atoms with Gasteiger partial charge in [0, 0.05) is 12.0 Å². The molecule has 1 fully saturated rings. The first-order chi connectivity index (χ1) is 10.2. The number of aromatic nitrogens is 1. The molecule has 0 spiro atoms. The largest absolute Gasteiger partial charge is 0.512 e. The number of nitrogens with zero attached hydrogens (tertiary/aromatic N) is 1. The Morgan fingerprint density at radius 1 is 1.29 bits per heavy atom. The lowest BCUT2D eigenvalue weighted by atomic mass is 9.91. The van der Waals surface area contributed by atoms with Gasteiger partial charge in [0.05, 0.1) is 5.76 Å². The molecular weight excluding hydrogens is 266 g/mol. The second kappa shape index (κ2) is 4.58. The molecule has 3 atom stereocenters. The van der Waals surface area contributed by atoms with Crippen molar-refractivity contribution in [3.05, 3.63) is 58.3 Å². The molecular formula is C17H15NO3. The van der Waals surface area contributed by atoms with Crippen molar-refractivity contribution in [3.63, 3.8) is 0 Å². The van der Waals surface area contributed by atoms with Crippen LogP contribution >= 0.6 is 0 Å². The molecule has 0 saturated heterocycles. The molecule has 2 aromatic rings. The average molecular weight is 281 g/mol. The van der Waals surface area contributed by atoms with Gasteiger partial charge in [-0.2, -0.15) is 0 Å². The Morgan fingerprint density at radius 3 is 2.90 bits per heavy atom. The van der Waals surface area contributed by atoms with Crippen molar-refractivity contribution in [2.24, 2.45) is 17.8 Å². The summed E-state index contributed by atoms with van der Waals surface area (Å²) in [5, 5.41) is 10.3. The highest BCUT2D eigenvalue weighted by molar-refractivity contribution is 5.72. The Morgan fingerprint density at radius 2 is 2.14 bits per heavy atom. The minimum Gasteiger partial charge on any atom is -0.512 e. The molecule has 1 aromatic heterocycles. The van der Waals surface area contributed by atoms with Gasteiger partial charge in [0.15, 0.2) is 11.3 Å². The van der Waals surface area contributed by atoms with E-state index in [1.807, 2.05) is 6.07 Å². The molecule has 1 saturated carbocycles. The monoisotopic (exact) mass is 281 g/mol. The Kier molecular flexibility index (Phi) is 2.70. The van der Waals surface area contributed by atoms with Crippen LogP contribution in [-0.4, -0.2) is 10.1 Å². The summed E-state index contributed by atoms with van der Waals surface area (Å²) >= 11 is 0. The molecule has 1 N–H and O–H groups in total. The van der Waals surface area contributed by atoms with E-state index >= 15 is 0 Å². The van der Waals surface area contributed by atoms with Crippen LogP contribution in [0.2, 0.25) is 0 Å². The van der Waals surface area contributed by atoms with E-state index in [4.69, 9.17) is 4.42 Å². The molecule has 0 amide bonds. The van der Waals surface area contributed by atoms with E-state index in [1.165, 1.54) is 6.08 Å². The summed E-state index contributed by atoms with van der Waals surface area (Å²) in [5.41, 5.74) is 0.725. The van der Waals surface area contributed by atoms with Gasteiger partial charge in [0.1, 0.15) is 5.52 Å². The fraction of sp³-hybridized carbons (Fsp3) is 0.294. The number of hydrogen-bond donors (Lipinski definition) is 1. The smallest absolute Gasteiger partial charge is 0.362 e. The lowest BCUT2D eigenvalue weighted by Crippen LogP contribution is -2.12. The maximum Gasteiger partial charge on any atom is 0.362 e. The Balaban J connectivity index is 1.73. The van der Waals surface area contributed by atoms with Crippen LogP contribution in [0, 0.1) is 17.8 Å². The number of rotatable bonds is 2. The lowest BCUT2D eigenvalue weighted by Gasteiger charge is -2.16. The number of benzene rings is 1. The molecule has 0 aliphatic heterocycles. The maximum absolute atomic E-state index is 11.9. The summed E-state index contributed by atoms with van der Waals surface area (Å²) in [5.74, 6) is 1.30. The number of aliphatic hydroxyl groups excluding tert-OH is 1. The molecule has 4 nitrogen and oxygen atoms in total. The van der Waals surface area contributed by atoms with E-state index < -0.39 is 5.63 Å². The van der Waals surface area contributed by atoms with Crippen molar-refractivity contribution >= 4 is 17.2 Å². The summed E-state index contributed by atoms with van der Waals surface area (Å²) in [7, 11) is 0. The molecule has 4 heteroatoms. The van der Waals surface area contributed by atoms with Crippen LogP contribution in [0.5, 0.6) is 0 Å². The van der Waals surface area contributed by atoms with E-state index in [0.29, 0.717) is 22.9 Å². The topological polar surface area (TPSA) is 63.3 Å². The predicted molar refractivity (Wildman–Crippen MR) is 79.7 cm³/mol. The van der Waals surface area contributed by atoms with E-state index in [9.17, 15) is 9.90 Å². The van der Waals surface area contributed by atoms with Crippen molar-refractivity contribution in [2.75, 3.05) is 0 Å². The standard InChI is InChI=1S/C17H15NO3/c19-15(12-8-10-5-6-11(12)7-10)9-14-17(20)21-16-4-2-1-3-13(16)18-14/h1-6,9-12,19H,7-8H2/b15-9-/t10-,11+,12+/m0/s1. The highest BCUT2D eigenvalue weighted by Gasteiger charge is 2.37. The second-order valence-corrected chi connectivity index (χ2v) is 5.81. The second-order valence-electron chi connectivity index (χ2n) is 5.81. The van der Waals surface area contributed by atoms with Crippen molar-refractivity contribution in [1.82, 2.24) is 4.98 Å².